The predicted octanol–water partition coefficient (Wildman–Crippen LogP) is -0.0874. The molecule has 122 valence electrons. The Kier molecular flexibility index (Phi) is 3.96. The second-order valence-corrected chi connectivity index (χ2v) is 7.35. The SMILES string of the molecule is [Cl-].c1cc2c(cc1C1CCCCC1)c1c3n2CC[NH+]=C3CCC1. The lowest BCUT2D eigenvalue weighted by atomic mass is 9.83. The van der Waals surface area contributed by atoms with Crippen LogP contribution < -0.4 is 17.4 Å². The van der Waals surface area contributed by atoms with Crippen molar-refractivity contribution < 1.29 is 17.4 Å². The van der Waals surface area contributed by atoms with E-state index in [9.17, 15) is 0 Å². The molecule has 23 heavy (non-hydrogen) atoms. The number of fused-ring (bicyclic) bond motifs is 3. The first-order valence-electron chi connectivity index (χ1n) is 9.17. The van der Waals surface area contributed by atoms with E-state index in [1.165, 1.54) is 68.3 Å². The molecule has 0 radical (unpaired) electrons. The summed E-state index contributed by atoms with van der Waals surface area (Å²) in [6, 6.07) is 7.39. The van der Waals surface area contributed by atoms with E-state index in [1.54, 1.807) is 16.5 Å². The molecule has 0 saturated heterocycles. The zero-order valence-corrected chi connectivity index (χ0v) is 14.5. The molecule has 0 unspecified atom stereocenters. The molecule has 3 aliphatic rings. The highest BCUT2D eigenvalue weighted by Crippen LogP contribution is 2.37. The van der Waals surface area contributed by atoms with Crippen molar-refractivity contribution in [1.82, 2.24) is 4.57 Å². The van der Waals surface area contributed by atoms with Gasteiger partial charge in [-0.1, -0.05) is 25.3 Å². The number of aryl methyl sites for hydroxylation is 1. The van der Waals surface area contributed by atoms with Gasteiger partial charge in [0, 0.05) is 17.3 Å². The first-order chi connectivity index (χ1) is 10.9. The molecular formula is C20H25ClN2. The normalized spacial score (nSPS) is 20.8. The Morgan fingerprint density at radius 1 is 1.00 bits per heavy atom. The number of halogens is 1. The molecule has 1 N–H and O–H groups in total. The number of nitrogens with one attached hydrogen (secondary N) is 1. The van der Waals surface area contributed by atoms with Gasteiger partial charge in [0.25, 0.3) is 0 Å². The maximum absolute atomic E-state index is 3.65. The molecule has 1 saturated carbocycles. The lowest BCUT2D eigenvalue weighted by Crippen LogP contribution is -3.00. The predicted molar refractivity (Wildman–Crippen MR) is 90.6 cm³/mol. The van der Waals surface area contributed by atoms with Crippen molar-refractivity contribution in [1.29, 1.82) is 0 Å². The minimum atomic E-state index is 0. The average Bonchev–Trinajstić information content (AvgIpc) is 2.92. The van der Waals surface area contributed by atoms with Crippen LogP contribution in [0.4, 0.5) is 0 Å². The monoisotopic (exact) mass is 328 g/mol. The molecule has 5 rings (SSSR count). The Hall–Kier alpha value is -1.28. The van der Waals surface area contributed by atoms with E-state index in [2.05, 4.69) is 27.8 Å². The van der Waals surface area contributed by atoms with Crippen LogP contribution in [0.2, 0.25) is 0 Å². The number of benzene rings is 1. The summed E-state index contributed by atoms with van der Waals surface area (Å²) in [7, 11) is 0. The molecule has 1 aliphatic heterocycles. The van der Waals surface area contributed by atoms with Crippen molar-refractivity contribution >= 4 is 16.6 Å². The average molecular weight is 329 g/mol. The largest absolute Gasteiger partial charge is 1.00 e. The van der Waals surface area contributed by atoms with Crippen molar-refractivity contribution in [2.24, 2.45) is 0 Å². The standard InChI is InChI=1S/C20H24N2.ClH/c1-2-5-14(6-3-1)15-9-10-19-17(13-15)16-7-4-8-18-20(16)22(19)12-11-21-18;/h9-10,13-14H,1-8,11-12H2;1H. The quantitative estimate of drug-likeness (QED) is 0.755. The van der Waals surface area contributed by atoms with Crippen molar-refractivity contribution in [3.05, 3.63) is 35.0 Å². The van der Waals surface area contributed by atoms with Gasteiger partial charge in [0.1, 0.15) is 5.69 Å². The van der Waals surface area contributed by atoms with E-state index in [1.807, 2.05) is 0 Å². The zero-order chi connectivity index (χ0) is 14.5. The Morgan fingerprint density at radius 3 is 2.74 bits per heavy atom. The molecule has 1 aromatic heterocycles. The summed E-state index contributed by atoms with van der Waals surface area (Å²) >= 11 is 0. The third kappa shape index (κ3) is 2.34. The summed E-state index contributed by atoms with van der Waals surface area (Å²) in [6.45, 7) is 2.22. The molecule has 3 heteroatoms. The van der Waals surface area contributed by atoms with Gasteiger partial charge in [0.15, 0.2) is 12.3 Å². The van der Waals surface area contributed by atoms with Crippen LogP contribution in [0.5, 0.6) is 0 Å². The molecule has 2 aliphatic carbocycles. The first kappa shape index (κ1) is 15.3. The van der Waals surface area contributed by atoms with Crippen LogP contribution in [-0.4, -0.2) is 16.8 Å². The minimum Gasteiger partial charge on any atom is -1.00 e. The number of nitrogens with zero attached hydrogens (tertiary/aromatic N) is 1. The van der Waals surface area contributed by atoms with Gasteiger partial charge in [-0.05, 0) is 54.9 Å². The summed E-state index contributed by atoms with van der Waals surface area (Å²) in [4.78, 5) is 3.65. The summed E-state index contributed by atoms with van der Waals surface area (Å²) in [5.41, 5.74) is 7.74. The fraction of sp³-hybridized carbons (Fsp3) is 0.550. The van der Waals surface area contributed by atoms with Crippen LogP contribution >= 0.6 is 0 Å². The third-order valence-corrected chi connectivity index (χ3v) is 6.08. The zero-order valence-electron chi connectivity index (χ0n) is 13.7. The van der Waals surface area contributed by atoms with Crippen LogP contribution in [0.15, 0.2) is 18.2 Å². The number of rotatable bonds is 1. The van der Waals surface area contributed by atoms with E-state index in [0.717, 1.165) is 19.0 Å². The molecule has 0 amide bonds. The minimum absolute atomic E-state index is 0. The smallest absolute Gasteiger partial charge is 0.198 e. The highest BCUT2D eigenvalue weighted by atomic mass is 35.5. The Labute approximate surface area is 144 Å². The molecule has 0 spiro atoms. The highest BCUT2D eigenvalue weighted by Gasteiger charge is 2.30. The van der Waals surface area contributed by atoms with E-state index in [4.69, 9.17) is 0 Å². The molecule has 2 heterocycles. The fourth-order valence-electron chi connectivity index (χ4n) is 5.01. The molecule has 1 aromatic carbocycles. The van der Waals surface area contributed by atoms with Gasteiger partial charge in [-0.15, -0.1) is 0 Å². The van der Waals surface area contributed by atoms with Crippen LogP contribution in [0.3, 0.4) is 0 Å². The molecule has 2 nitrogen and oxygen atoms in total. The Bertz CT molecular complexity index is 766. The van der Waals surface area contributed by atoms with Gasteiger partial charge in [-0.3, -0.25) is 0 Å². The summed E-state index contributed by atoms with van der Waals surface area (Å²) < 4.78 is 2.58. The van der Waals surface area contributed by atoms with E-state index in [-0.39, 0.29) is 12.4 Å². The van der Waals surface area contributed by atoms with Crippen molar-refractivity contribution in [3.8, 4) is 0 Å². The maximum Gasteiger partial charge on any atom is 0.198 e. The second-order valence-electron chi connectivity index (χ2n) is 7.35. The van der Waals surface area contributed by atoms with Gasteiger partial charge >= 0.3 is 0 Å². The topological polar surface area (TPSA) is 18.9 Å². The molecular weight excluding hydrogens is 304 g/mol. The number of aromatic nitrogens is 1. The third-order valence-electron chi connectivity index (χ3n) is 6.08. The van der Waals surface area contributed by atoms with Crippen molar-refractivity contribution in [2.75, 3.05) is 6.54 Å². The number of hydrogen-bond acceptors (Lipinski definition) is 0. The Morgan fingerprint density at radius 2 is 1.87 bits per heavy atom. The van der Waals surface area contributed by atoms with E-state index in [0.29, 0.717) is 0 Å². The maximum atomic E-state index is 3.65. The highest BCUT2D eigenvalue weighted by molar-refractivity contribution is 6.04. The van der Waals surface area contributed by atoms with Crippen LogP contribution in [0.1, 0.15) is 67.7 Å². The van der Waals surface area contributed by atoms with E-state index < -0.39 is 0 Å². The van der Waals surface area contributed by atoms with Crippen LogP contribution in [0.25, 0.3) is 10.9 Å². The van der Waals surface area contributed by atoms with Gasteiger partial charge < -0.3 is 17.0 Å². The molecule has 0 bridgehead atoms. The van der Waals surface area contributed by atoms with Gasteiger partial charge in [0.05, 0.1) is 6.54 Å². The van der Waals surface area contributed by atoms with Gasteiger partial charge in [-0.2, -0.15) is 0 Å². The van der Waals surface area contributed by atoms with Crippen molar-refractivity contribution in [3.63, 3.8) is 0 Å². The summed E-state index contributed by atoms with van der Waals surface area (Å²) in [5.74, 6) is 0.812. The van der Waals surface area contributed by atoms with Gasteiger partial charge in [0.2, 0.25) is 0 Å². The molecule has 1 fully saturated rings. The lowest BCUT2D eigenvalue weighted by Gasteiger charge is -2.22. The van der Waals surface area contributed by atoms with Crippen molar-refractivity contribution in [2.45, 2.75) is 63.8 Å². The lowest BCUT2D eigenvalue weighted by molar-refractivity contribution is -0.463. The Balaban J connectivity index is 0.00000135. The molecule has 2 aromatic rings. The first-order valence-corrected chi connectivity index (χ1v) is 9.17. The number of hydrogen-bond donors (Lipinski definition) is 1. The van der Waals surface area contributed by atoms with Crippen LogP contribution in [-0.2, 0) is 13.0 Å². The summed E-state index contributed by atoms with van der Waals surface area (Å²) in [5, 5.41) is 1.55. The fourth-order valence-corrected chi connectivity index (χ4v) is 5.01. The van der Waals surface area contributed by atoms with E-state index >= 15 is 0 Å². The van der Waals surface area contributed by atoms with Crippen LogP contribution in [0, 0.1) is 0 Å². The van der Waals surface area contributed by atoms with Gasteiger partial charge in [-0.25, -0.2) is 4.99 Å². The second kappa shape index (κ2) is 5.98. The summed E-state index contributed by atoms with van der Waals surface area (Å²) in [6.07, 6.45) is 10.9. The molecule has 0 atom stereocenters.